The molecule has 0 aliphatic rings. The van der Waals surface area contributed by atoms with Crippen molar-refractivity contribution in [3.05, 3.63) is 30.1 Å². The van der Waals surface area contributed by atoms with Gasteiger partial charge in [0.15, 0.2) is 0 Å². The van der Waals surface area contributed by atoms with Gasteiger partial charge in [0.05, 0.1) is 6.54 Å². The summed E-state index contributed by atoms with van der Waals surface area (Å²) in [7, 11) is 0. The first-order valence-electron chi connectivity index (χ1n) is 6.43. The number of nitrogens with zero attached hydrogens (tertiary/aromatic N) is 1. The first-order chi connectivity index (χ1) is 8.50. The van der Waals surface area contributed by atoms with Crippen LogP contribution in [-0.4, -0.2) is 23.5 Å². The second kappa shape index (κ2) is 7.11. The average molecular weight is 249 g/mol. The Hall–Kier alpha value is -1.42. The Kier molecular flexibility index (Phi) is 5.78. The van der Waals surface area contributed by atoms with E-state index in [-0.39, 0.29) is 18.0 Å². The minimum atomic E-state index is 0.0390. The second-order valence-electron chi connectivity index (χ2n) is 4.98. The fraction of sp³-hybridized carbons (Fsp3) is 0.571. The van der Waals surface area contributed by atoms with Crippen molar-refractivity contribution in [3.8, 4) is 0 Å². The number of carbonyl (C=O) groups is 1. The zero-order valence-corrected chi connectivity index (χ0v) is 11.6. The Morgan fingerprint density at radius 2 is 1.83 bits per heavy atom. The molecule has 1 amide bonds. The van der Waals surface area contributed by atoms with Crippen molar-refractivity contribution in [3.63, 3.8) is 0 Å². The van der Waals surface area contributed by atoms with E-state index in [0.29, 0.717) is 12.5 Å². The number of carbonyl (C=O) groups excluding carboxylic acids is 1. The number of hydrogen-bond acceptors (Lipinski definition) is 3. The van der Waals surface area contributed by atoms with E-state index in [1.54, 1.807) is 12.4 Å². The lowest BCUT2D eigenvalue weighted by molar-refractivity contribution is -0.121. The highest BCUT2D eigenvalue weighted by atomic mass is 16.1. The van der Waals surface area contributed by atoms with Crippen LogP contribution in [0.4, 0.5) is 0 Å². The molecule has 1 aromatic rings. The van der Waals surface area contributed by atoms with Gasteiger partial charge in [0.25, 0.3) is 0 Å². The van der Waals surface area contributed by atoms with Gasteiger partial charge in [-0.15, -0.1) is 0 Å². The molecule has 0 aromatic carbocycles. The van der Waals surface area contributed by atoms with E-state index in [4.69, 9.17) is 0 Å². The molecule has 100 valence electrons. The summed E-state index contributed by atoms with van der Waals surface area (Å²) in [5, 5.41) is 6.18. The molecule has 4 nitrogen and oxygen atoms in total. The van der Waals surface area contributed by atoms with E-state index >= 15 is 0 Å². The summed E-state index contributed by atoms with van der Waals surface area (Å²) in [5.74, 6) is 0.490. The lowest BCUT2D eigenvalue weighted by Gasteiger charge is -2.19. The van der Waals surface area contributed by atoms with Crippen LogP contribution in [0, 0.1) is 5.92 Å². The van der Waals surface area contributed by atoms with Crippen molar-refractivity contribution in [1.29, 1.82) is 0 Å². The van der Waals surface area contributed by atoms with Crippen LogP contribution in [0.3, 0.4) is 0 Å². The molecule has 0 saturated heterocycles. The zero-order valence-electron chi connectivity index (χ0n) is 11.6. The normalized spacial score (nSPS) is 14.3. The van der Waals surface area contributed by atoms with Gasteiger partial charge >= 0.3 is 0 Å². The molecule has 0 radical (unpaired) electrons. The molecule has 0 bridgehead atoms. The molecule has 4 heteroatoms. The summed E-state index contributed by atoms with van der Waals surface area (Å²) >= 11 is 0. The summed E-state index contributed by atoms with van der Waals surface area (Å²) in [6, 6.07) is 4.25. The molecule has 18 heavy (non-hydrogen) atoms. The minimum absolute atomic E-state index is 0.0390. The van der Waals surface area contributed by atoms with Gasteiger partial charge < -0.3 is 10.6 Å². The third-order valence-corrected chi connectivity index (χ3v) is 3.16. The topological polar surface area (TPSA) is 54.0 Å². The van der Waals surface area contributed by atoms with Crippen LogP contribution in [-0.2, 0) is 4.79 Å². The molecular formula is C14H23N3O. The fourth-order valence-corrected chi connectivity index (χ4v) is 1.49. The molecule has 1 heterocycles. The third kappa shape index (κ3) is 4.84. The Morgan fingerprint density at radius 3 is 2.39 bits per heavy atom. The van der Waals surface area contributed by atoms with Crippen LogP contribution >= 0.6 is 0 Å². The Balaban J connectivity index is 2.35. The van der Waals surface area contributed by atoms with Crippen LogP contribution in [0.25, 0.3) is 0 Å². The van der Waals surface area contributed by atoms with Crippen LogP contribution in [0.1, 0.15) is 39.3 Å². The van der Waals surface area contributed by atoms with E-state index in [9.17, 15) is 4.79 Å². The quantitative estimate of drug-likeness (QED) is 0.809. The standard InChI is InChI=1S/C14H23N3O/c1-10(2)11(3)17-14(18)9-16-12(4)13-5-7-15-8-6-13/h5-8,10-12,16H,9H2,1-4H3,(H,17,18). The maximum atomic E-state index is 11.7. The van der Waals surface area contributed by atoms with E-state index < -0.39 is 0 Å². The predicted molar refractivity (Wildman–Crippen MR) is 73.1 cm³/mol. The number of rotatable bonds is 6. The van der Waals surface area contributed by atoms with Gasteiger partial charge in [0.2, 0.25) is 5.91 Å². The predicted octanol–water partition coefficient (Wildman–Crippen LogP) is 1.89. The molecule has 0 aliphatic carbocycles. The van der Waals surface area contributed by atoms with E-state index in [2.05, 4.69) is 29.5 Å². The zero-order chi connectivity index (χ0) is 13.5. The maximum absolute atomic E-state index is 11.7. The molecule has 1 rings (SSSR count). The smallest absolute Gasteiger partial charge is 0.234 e. The number of pyridine rings is 1. The Morgan fingerprint density at radius 1 is 1.22 bits per heavy atom. The molecule has 2 unspecified atom stereocenters. The van der Waals surface area contributed by atoms with Gasteiger partial charge in [-0.25, -0.2) is 0 Å². The SMILES string of the molecule is CC(NCC(=O)NC(C)C(C)C)c1ccncc1. The highest BCUT2D eigenvalue weighted by Gasteiger charge is 2.11. The maximum Gasteiger partial charge on any atom is 0.234 e. The van der Waals surface area contributed by atoms with Crippen molar-refractivity contribution in [2.45, 2.75) is 39.8 Å². The van der Waals surface area contributed by atoms with E-state index in [1.807, 2.05) is 26.0 Å². The van der Waals surface area contributed by atoms with Crippen LogP contribution in [0.2, 0.25) is 0 Å². The Labute approximate surface area is 109 Å². The van der Waals surface area contributed by atoms with Crippen LogP contribution < -0.4 is 10.6 Å². The van der Waals surface area contributed by atoms with Crippen LogP contribution in [0.15, 0.2) is 24.5 Å². The lowest BCUT2D eigenvalue weighted by Crippen LogP contribution is -2.41. The highest BCUT2D eigenvalue weighted by Crippen LogP contribution is 2.09. The number of hydrogen-bond donors (Lipinski definition) is 2. The fourth-order valence-electron chi connectivity index (χ4n) is 1.49. The molecular weight excluding hydrogens is 226 g/mol. The molecule has 0 saturated carbocycles. The molecule has 0 aliphatic heterocycles. The highest BCUT2D eigenvalue weighted by molar-refractivity contribution is 5.78. The number of aromatic nitrogens is 1. The molecule has 0 fully saturated rings. The Bertz CT molecular complexity index is 365. The number of amides is 1. The number of nitrogens with one attached hydrogen (secondary N) is 2. The van der Waals surface area contributed by atoms with E-state index in [1.165, 1.54) is 0 Å². The monoisotopic (exact) mass is 249 g/mol. The third-order valence-electron chi connectivity index (χ3n) is 3.16. The van der Waals surface area contributed by atoms with Crippen molar-refractivity contribution in [2.75, 3.05) is 6.54 Å². The first kappa shape index (κ1) is 14.6. The molecule has 2 atom stereocenters. The largest absolute Gasteiger partial charge is 0.352 e. The summed E-state index contributed by atoms with van der Waals surface area (Å²) < 4.78 is 0. The van der Waals surface area contributed by atoms with E-state index in [0.717, 1.165) is 5.56 Å². The average Bonchev–Trinajstić information content (AvgIpc) is 2.36. The van der Waals surface area contributed by atoms with Crippen molar-refractivity contribution in [2.24, 2.45) is 5.92 Å². The molecule has 0 spiro atoms. The summed E-state index contributed by atoms with van der Waals surface area (Å²) in [6.07, 6.45) is 3.52. The van der Waals surface area contributed by atoms with Gasteiger partial charge in [-0.05, 0) is 37.5 Å². The first-order valence-corrected chi connectivity index (χ1v) is 6.43. The summed E-state index contributed by atoms with van der Waals surface area (Å²) in [5.41, 5.74) is 1.13. The van der Waals surface area contributed by atoms with Gasteiger partial charge in [-0.1, -0.05) is 13.8 Å². The van der Waals surface area contributed by atoms with Crippen LogP contribution in [0.5, 0.6) is 0 Å². The van der Waals surface area contributed by atoms with Gasteiger partial charge in [0, 0.05) is 24.5 Å². The lowest BCUT2D eigenvalue weighted by atomic mass is 10.1. The second-order valence-corrected chi connectivity index (χ2v) is 4.98. The molecule has 2 N–H and O–H groups in total. The molecule has 1 aromatic heterocycles. The van der Waals surface area contributed by atoms with Crippen molar-refractivity contribution >= 4 is 5.91 Å². The minimum Gasteiger partial charge on any atom is -0.352 e. The summed E-state index contributed by atoms with van der Waals surface area (Å²) in [6.45, 7) is 8.58. The van der Waals surface area contributed by atoms with Gasteiger partial charge in [0.1, 0.15) is 0 Å². The van der Waals surface area contributed by atoms with Gasteiger partial charge in [-0.3, -0.25) is 9.78 Å². The van der Waals surface area contributed by atoms with Crippen molar-refractivity contribution in [1.82, 2.24) is 15.6 Å². The summed E-state index contributed by atoms with van der Waals surface area (Å²) in [4.78, 5) is 15.7. The van der Waals surface area contributed by atoms with Gasteiger partial charge in [-0.2, -0.15) is 0 Å². The van der Waals surface area contributed by atoms with Crippen molar-refractivity contribution < 1.29 is 4.79 Å².